The number of nitrogens with zero attached hydrogens (tertiary/aromatic N) is 6. The van der Waals surface area contributed by atoms with Crippen LogP contribution in [0.4, 0.5) is 0 Å². The minimum atomic E-state index is -0.0399. The van der Waals surface area contributed by atoms with E-state index in [9.17, 15) is 4.79 Å². The van der Waals surface area contributed by atoms with Gasteiger partial charge < -0.3 is 4.90 Å². The summed E-state index contributed by atoms with van der Waals surface area (Å²) in [5.74, 6) is -0.0399. The number of hydrogen-bond donors (Lipinski definition) is 0. The summed E-state index contributed by atoms with van der Waals surface area (Å²) in [6, 6.07) is 10.4. The fraction of sp³-hybridized carbons (Fsp3) is 0.391. The molecule has 0 N–H and O–H groups in total. The van der Waals surface area contributed by atoms with Crippen LogP contribution in [0.25, 0.3) is 4.96 Å². The average molecular weight is 451 g/mol. The van der Waals surface area contributed by atoms with Crippen molar-refractivity contribution in [2.75, 3.05) is 20.1 Å². The summed E-state index contributed by atoms with van der Waals surface area (Å²) in [7, 11) is 1.85. The van der Waals surface area contributed by atoms with Crippen LogP contribution in [-0.2, 0) is 13.0 Å². The summed E-state index contributed by atoms with van der Waals surface area (Å²) in [6.07, 6.45) is 4.88. The summed E-state index contributed by atoms with van der Waals surface area (Å²) in [4.78, 5) is 23.1. The van der Waals surface area contributed by atoms with Gasteiger partial charge in [-0.15, -0.1) is 11.3 Å². The number of amides is 1. The van der Waals surface area contributed by atoms with E-state index in [2.05, 4.69) is 27.3 Å². The molecule has 5 rings (SSSR count). The van der Waals surface area contributed by atoms with Crippen molar-refractivity contribution in [1.82, 2.24) is 29.5 Å². The quantitative estimate of drug-likeness (QED) is 0.427. The highest BCUT2D eigenvalue weighted by molar-refractivity contribution is 7.15. The lowest BCUT2D eigenvalue weighted by atomic mass is 10.1. The van der Waals surface area contributed by atoms with Crippen molar-refractivity contribution >= 4 is 22.2 Å². The molecular weight excluding hydrogens is 424 g/mol. The van der Waals surface area contributed by atoms with Crippen LogP contribution in [0.3, 0.4) is 0 Å². The predicted molar refractivity (Wildman–Crippen MR) is 122 cm³/mol. The number of benzene rings is 1. The summed E-state index contributed by atoms with van der Waals surface area (Å²) in [6.45, 7) is 4.13. The van der Waals surface area contributed by atoms with Crippen molar-refractivity contribution in [2.24, 2.45) is 0 Å². The number of likely N-dealkylation sites (tertiary alicyclic amines) is 1. The van der Waals surface area contributed by atoms with Crippen LogP contribution in [-0.4, -0.2) is 55.5 Å². The molecule has 1 atom stereocenters. The first kappa shape index (κ1) is 20.8. The first-order valence-corrected chi connectivity index (χ1v) is 11.8. The molecule has 0 aliphatic carbocycles. The zero-order valence-corrected chi connectivity index (χ0v) is 19.1. The summed E-state index contributed by atoms with van der Waals surface area (Å²) in [5.41, 5.74) is 4.40. The molecular formula is C23H26N6O2S. The maximum atomic E-state index is 13.4. The van der Waals surface area contributed by atoms with Gasteiger partial charge in [-0.2, -0.15) is 0 Å². The second-order valence-corrected chi connectivity index (χ2v) is 9.16. The Hall–Kier alpha value is -3.04. The van der Waals surface area contributed by atoms with Gasteiger partial charge in [0.25, 0.3) is 5.91 Å². The number of aromatic nitrogens is 4. The van der Waals surface area contributed by atoms with E-state index in [0.29, 0.717) is 18.8 Å². The Kier molecular flexibility index (Phi) is 5.75. The molecule has 9 heteroatoms. The van der Waals surface area contributed by atoms with E-state index < -0.39 is 0 Å². The number of carbonyl (C=O) groups excluding carboxylic acids is 1. The second-order valence-electron chi connectivity index (χ2n) is 8.29. The predicted octanol–water partition coefficient (Wildman–Crippen LogP) is 3.74. The number of hydrogen-bond acceptors (Lipinski definition) is 7. The first-order chi connectivity index (χ1) is 15.6. The monoisotopic (exact) mass is 450 g/mol. The molecule has 1 aliphatic heterocycles. The molecule has 8 nitrogen and oxygen atoms in total. The van der Waals surface area contributed by atoms with Gasteiger partial charge in [-0.3, -0.25) is 14.1 Å². The van der Waals surface area contributed by atoms with Gasteiger partial charge in [-0.1, -0.05) is 40.6 Å². The smallest absolute Gasteiger partial charge is 0.274 e. The van der Waals surface area contributed by atoms with Gasteiger partial charge in [0.05, 0.1) is 11.7 Å². The molecule has 1 unspecified atom stereocenters. The number of fused-ring (bicyclic) bond motifs is 1. The lowest BCUT2D eigenvalue weighted by Gasteiger charge is -2.23. The van der Waals surface area contributed by atoms with E-state index >= 15 is 0 Å². The van der Waals surface area contributed by atoms with Crippen molar-refractivity contribution in [3.63, 3.8) is 0 Å². The van der Waals surface area contributed by atoms with Crippen LogP contribution >= 0.6 is 11.3 Å². The maximum Gasteiger partial charge on any atom is 0.274 e. The van der Waals surface area contributed by atoms with E-state index in [1.807, 2.05) is 48.1 Å². The molecule has 32 heavy (non-hydrogen) atoms. The molecule has 1 fully saturated rings. The molecule has 1 amide bonds. The topological polar surface area (TPSA) is 79.8 Å². The molecule has 1 aliphatic rings. The molecule has 0 radical (unpaired) electrons. The minimum Gasteiger partial charge on any atom is -0.340 e. The summed E-state index contributed by atoms with van der Waals surface area (Å²) >= 11 is 1.55. The van der Waals surface area contributed by atoms with Gasteiger partial charge in [0.1, 0.15) is 11.4 Å². The Bertz CT molecular complexity index is 1210. The Labute approximate surface area is 190 Å². The van der Waals surface area contributed by atoms with Crippen molar-refractivity contribution in [1.29, 1.82) is 0 Å². The number of rotatable bonds is 7. The number of aryl methyl sites for hydroxylation is 1. The zero-order valence-electron chi connectivity index (χ0n) is 18.3. The number of likely N-dealkylation sites (N-methyl/N-ethyl adjacent to an activating group) is 1. The molecule has 1 aromatic carbocycles. The molecule has 1 saturated heterocycles. The third-order valence-electron chi connectivity index (χ3n) is 6.21. The zero-order chi connectivity index (χ0) is 22.1. The average Bonchev–Trinajstić information content (AvgIpc) is 3.58. The fourth-order valence-corrected chi connectivity index (χ4v) is 5.17. The largest absolute Gasteiger partial charge is 0.340 e. The van der Waals surface area contributed by atoms with Crippen LogP contribution < -0.4 is 0 Å². The highest BCUT2D eigenvalue weighted by Crippen LogP contribution is 2.34. The number of thiazole rings is 1. The van der Waals surface area contributed by atoms with Crippen LogP contribution in [0.5, 0.6) is 0 Å². The van der Waals surface area contributed by atoms with E-state index in [0.717, 1.165) is 47.8 Å². The lowest BCUT2D eigenvalue weighted by Crippen LogP contribution is -2.31. The van der Waals surface area contributed by atoms with Crippen molar-refractivity contribution in [3.8, 4) is 0 Å². The highest BCUT2D eigenvalue weighted by Gasteiger charge is 2.33. The van der Waals surface area contributed by atoms with E-state index in [-0.39, 0.29) is 11.9 Å². The Morgan fingerprint density at radius 2 is 2.12 bits per heavy atom. The van der Waals surface area contributed by atoms with Crippen molar-refractivity contribution in [3.05, 3.63) is 70.2 Å². The van der Waals surface area contributed by atoms with Gasteiger partial charge in [0, 0.05) is 31.7 Å². The third-order valence-corrected chi connectivity index (χ3v) is 6.97. The molecule has 4 heterocycles. The van der Waals surface area contributed by atoms with Crippen molar-refractivity contribution in [2.45, 2.75) is 38.8 Å². The van der Waals surface area contributed by atoms with Crippen LogP contribution in [0.15, 0.2) is 46.5 Å². The Balaban J connectivity index is 1.38. The van der Waals surface area contributed by atoms with Gasteiger partial charge in [-0.05, 0) is 38.3 Å². The molecule has 0 saturated carbocycles. The molecule has 4 aromatic rings. The Morgan fingerprint density at radius 3 is 2.91 bits per heavy atom. The standard InChI is InChI=1S/C23H26N6O2S/c1-16-20(26-31-25-16)18-9-6-11-28(18)15-19-21(24-23-29(19)13-14-32-23)22(30)27(2)12-10-17-7-4-3-5-8-17/h3-5,7-8,13-14,18H,6,9-12,15H2,1-2H3. The number of carbonyl (C=O) groups is 1. The van der Waals surface area contributed by atoms with E-state index in [1.165, 1.54) is 5.56 Å². The van der Waals surface area contributed by atoms with Gasteiger partial charge in [0.2, 0.25) is 0 Å². The van der Waals surface area contributed by atoms with Gasteiger partial charge >= 0.3 is 0 Å². The SMILES string of the molecule is Cc1nonc1C1CCCN1Cc1c(C(=O)N(C)CCc2ccccc2)nc2sccn12. The molecule has 0 spiro atoms. The second kappa shape index (κ2) is 8.84. The van der Waals surface area contributed by atoms with Crippen LogP contribution in [0.1, 0.15) is 52.0 Å². The highest BCUT2D eigenvalue weighted by atomic mass is 32.1. The minimum absolute atomic E-state index is 0.0399. The normalized spacial score (nSPS) is 16.8. The van der Waals surface area contributed by atoms with E-state index in [1.54, 1.807) is 16.2 Å². The van der Waals surface area contributed by atoms with Crippen molar-refractivity contribution < 1.29 is 9.42 Å². The van der Waals surface area contributed by atoms with Crippen LogP contribution in [0, 0.1) is 6.92 Å². The summed E-state index contributed by atoms with van der Waals surface area (Å²) in [5, 5.41) is 10.1. The van der Waals surface area contributed by atoms with Gasteiger partial charge in [-0.25, -0.2) is 9.61 Å². The fourth-order valence-electron chi connectivity index (χ4n) is 4.44. The lowest BCUT2D eigenvalue weighted by molar-refractivity contribution is 0.0788. The molecule has 0 bridgehead atoms. The molecule has 3 aromatic heterocycles. The van der Waals surface area contributed by atoms with Crippen LogP contribution in [0.2, 0.25) is 0 Å². The molecule has 166 valence electrons. The van der Waals surface area contributed by atoms with Gasteiger partial charge in [0.15, 0.2) is 10.7 Å². The van der Waals surface area contributed by atoms with E-state index in [4.69, 9.17) is 9.61 Å². The maximum absolute atomic E-state index is 13.4. The summed E-state index contributed by atoms with van der Waals surface area (Å²) < 4.78 is 7.00. The Morgan fingerprint density at radius 1 is 1.28 bits per heavy atom. The third kappa shape index (κ3) is 3.93. The number of imidazole rings is 1. The first-order valence-electron chi connectivity index (χ1n) is 10.9.